The van der Waals surface area contributed by atoms with Crippen LogP contribution in [-0.2, 0) is 16.6 Å². The van der Waals surface area contributed by atoms with Crippen LogP contribution < -0.4 is 5.73 Å². The summed E-state index contributed by atoms with van der Waals surface area (Å²) < 4.78 is 0. The van der Waals surface area contributed by atoms with Gasteiger partial charge in [-0.25, -0.2) is 0 Å². The van der Waals surface area contributed by atoms with Crippen molar-refractivity contribution < 1.29 is 15.0 Å². The van der Waals surface area contributed by atoms with Crippen molar-refractivity contribution in [3.05, 3.63) is 29.3 Å². The van der Waals surface area contributed by atoms with Crippen molar-refractivity contribution in [1.29, 1.82) is 0 Å². The molecule has 0 aliphatic rings. The molecule has 0 amide bonds. The third-order valence-electron chi connectivity index (χ3n) is 2.82. The Morgan fingerprint density at radius 1 is 1.39 bits per heavy atom. The summed E-state index contributed by atoms with van der Waals surface area (Å²) in [6.07, 6.45) is 0.448. The summed E-state index contributed by atoms with van der Waals surface area (Å²) in [6.45, 7) is 6.15. The highest BCUT2D eigenvalue weighted by Crippen LogP contribution is 2.29. The van der Waals surface area contributed by atoms with Gasteiger partial charge in [-0.05, 0) is 35.1 Å². The monoisotopic (exact) mass is 251 g/mol. The Hall–Kier alpha value is -1.55. The minimum atomic E-state index is -0.890. The summed E-state index contributed by atoms with van der Waals surface area (Å²) in [7, 11) is 0. The highest BCUT2D eigenvalue weighted by molar-refractivity contribution is 5.67. The van der Waals surface area contributed by atoms with Gasteiger partial charge in [0.2, 0.25) is 0 Å². The SMILES string of the molecule is CC(C)(C)c1cc(O)ccc1C[C@H](N)CC(=O)O. The molecular weight excluding hydrogens is 230 g/mol. The summed E-state index contributed by atoms with van der Waals surface area (Å²) in [4.78, 5) is 10.6. The van der Waals surface area contributed by atoms with Crippen molar-refractivity contribution in [2.45, 2.75) is 45.1 Å². The van der Waals surface area contributed by atoms with Gasteiger partial charge in [-0.15, -0.1) is 0 Å². The summed E-state index contributed by atoms with van der Waals surface area (Å²) in [5, 5.41) is 18.3. The van der Waals surface area contributed by atoms with Crippen LogP contribution in [0.25, 0.3) is 0 Å². The van der Waals surface area contributed by atoms with Crippen LogP contribution in [0.1, 0.15) is 38.3 Å². The maximum Gasteiger partial charge on any atom is 0.304 e. The van der Waals surface area contributed by atoms with E-state index in [1.807, 2.05) is 26.8 Å². The highest BCUT2D eigenvalue weighted by atomic mass is 16.4. The van der Waals surface area contributed by atoms with E-state index in [2.05, 4.69) is 0 Å². The Morgan fingerprint density at radius 2 is 2.00 bits per heavy atom. The lowest BCUT2D eigenvalue weighted by Gasteiger charge is -2.24. The summed E-state index contributed by atoms with van der Waals surface area (Å²) in [5.74, 6) is -0.672. The number of benzene rings is 1. The second-order valence-corrected chi connectivity index (χ2v) is 5.65. The van der Waals surface area contributed by atoms with Gasteiger partial charge >= 0.3 is 5.97 Å². The number of carboxylic acid groups (broad SMARTS) is 1. The predicted molar refractivity (Wildman–Crippen MR) is 70.7 cm³/mol. The molecule has 0 spiro atoms. The lowest BCUT2D eigenvalue weighted by Crippen LogP contribution is -2.27. The number of aliphatic carboxylic acids is 1. The van der Waals surface area contributed by atoms with E-state index in [9.17, 15) is 9.90 Å². The first-order valence-corrected chi connectivity index (χ1v) is 6.00. The first-order valence-electron chi connectivity index (χ1n) is 6.00. The maximum atomic E-state index is 10.6. The largest absolute Gasteiger partial charge is 0.508 e. The minimum absolute atomic E-state index is 0.0511. The van der Waals surface area contributed by atoms with E-state index < -0.39 is 12.0 Å². The van der Waals surface area contributed by atoms with Crippen LogP contribution in [0.5, 0.6) is 5.75 Å². The lowest BCUT2D eigenvalue weighted by atomic mass is 9.82. The molecule has 0 bridgehead atoms. The number of rotatable bonds is 4. The van der Waals surface area contributed by atoms with Gasteiger partial charge in [0.05, 0.1) is 6.42 Å². The Balaban J connectivity index is 2.98. The fourth-order valence-corrected chi connectivity index (χ4v) is 2.02. The summed E-state index contributed by atoms with van der Waals surface area (Å²) in [5.41, 5.74) is 7.70. The Bertz CT molecular complexity index is 435. The Labute approximate surface area is 107 Å². The van der Waals surface area contributed by atoms with Gasteiger partial charge in [-0.3, -0.25) is 4.79 Å². The molecule has 1 aromatic rings. The molecule has 0 radical (unpaired) electrons. The molecule has 1 atom stereocenters. The molecule has 4 heteroatoms. The molecule has 0 heterocycles. The zero-order valence-electron chi connectivity index (χ0n) is 11.1. The molecule has 1 aromatic carbocycles. The molecule has 0 saturated heterocycles. The van der Waals surface area contributed by atoms with Crippen LogP contribution in [0.4, 0.5) is 0 Å². The third-order valence-corrected chi connectivity index (χ3v) is 2.82. The van der Waals surface area contributed by atoms with E-state index in [-0.39, 0.29) is 17.6 Å². The van der Waals surface area contributed by atoms with Gasteiger partial charge < -0.3 is 15.9 Å². The molecule has 4 N–H and O–H groups in total. The molecular formula is C14H21NO3. The smallest absolute Gasteiger partial charge is 0.304 e. The van der Waals surface area contributed by atoms with E-state index in [4.69, 9.17) is 10.8 Å². The topological polar surface area (TPSA) is 83.5 Å². The fourth-order valence-electron chi connectivity index (χ4n) is 2.02. The molecule has 0 saturated carbocycles. The second kappa shape index (κ2) is 5.40. The van der Waals surface area contributed by atoms with Crippen molar-refractivity contribution in [2.75, 3.05) is 0 Å². The maximum absolute atomic E-state index is 10.6. The second-order valence-electron chi connectivity index (χ2n) is 5.65. The van der Waals surface area contributed by atoms with Gasteiger partial charge in [0.1, 0.15) is 5.75 Å². The standard InChI is InChI=1S/C14H21NO3/c1-14(2,3)12-8-11(16)5-4-9(12)6-10(15)7-13(17)18/h4-5,8,10,16H,6-7,15H2,1-3H3,(H,17,18)/t10-/m0/s1. The van der Waals surface area contributed by atoms with Gasteiger partial charge in [0, 0.05) is 6.04 Å². The molecule has 0 aromatic heterocycles. The first-order chi connectivity index (χ1) is 8.20. The minimum Gasteiger partial charge on any atom is -0.508 e. The zero-order chi connectivity index (χ0) is 13.9. The number of phenols is 1. The highest BCUT2D eigenvalue weighted by Gasteiger charge is 2.20. The average Bonchev–Trinajstić information content (AvgIpc) is 2.17. The van der Waals surface area contributed by atoms with Gasteiger partial charge in [-0.1, -0.05) is 26.8 Å². The predicted octanol–water partition coefficient (Wildman–Crippen LogP) is 2.03. The normalized spacial score (nSPS) is 13.3. The number of hydrogen-bond acceptors (Lipinski definition) is 3. The number of hydrogen-bond donors (Lipinski definition) is 3. The first kappa shape index (κ1) is 14.5. The van der Waals surface area contributed by atoms with Crippen molar-refractivity contribution in [3.8, 4) is 5.75 Å². The van der Waals surface area contributed by atoms with E-state index in [0.717, 1.165) is 11.1 Å². The number of nitrogens with two attached hydrogens (primary N) is 1. The van der Waals surface area contributed by atoms with E-state index in [0.29, 0.717) is 6.42 Å². The van der Waals surface area contributed by atoms with Crippen LogP contribution in [-0.4, -0.2) is 22.2 Å². The number of carboxylic acids is 1. The van der Waals surface area contributed by atoms with Crippen molar-refractivity contribution >= 4 is 5.97 Å². The molecule has 4 nitrogen and oxygen atoms in total. The number of carbonyl (C=O) groups is 1. The van der Waals surface area contributed by atoms with Crippen LogP contribution >= 0.6 is 0 Å². The summed E-state index contributed by atoms with van der Waals surface area (Å²) >= 11 is 0. The van der Waals surface area contributed by atoms with Gasteiger partial charge in [-0.2, -0.15) is 0 Å². The molecule has 0 aliphatic heterocycles. The fraction of sp³-hybridized carbons (Fsp3) is 0.500. The number of aromatic hydroxyl groups is 1. The molecule has 0 aliphatic carbocycles. The van der Waals surface area contributed by atoms with Crippen molar-refractivity contribution in [3.63, 3.8) is 0 Å². The third kappa shape index (κ3) is 4.04. The molecule has 100 valence electrons. The van der Waals surface area contributed by atoms with E-state index in [1.54, 1.807) is 12.1 Å². The quantitative estimate of drug-likeness (QED) is 0.764. The van der Waals surface area contributed by atoms with Crippen LogP contribution in [0.15, 0.2) is 18.2 Å². The Kier molecular flexibility index (Phi) is 4.35. The van der Waals surface area contributed by atoms with E-state index in [1.165, 1.54) is 0 Å². The average molecular weight is 251 g/mol. The van der Waals surface area contributed by atoms with Crippen molar-refractivity contribution in [1.82, 2.24) is 0 Å². The lowest BCUT2D eigenvalue weighted by molar-refractivity contribution is -0.137. The van der Waals surface area contributed by atoms with Crippen molar-refractivity contribution in [2.24, 2.45) is 5.73 Å². The van der Waals surface area contributed by atoms with Crippen LogP contribution in [0, 0.1) is 0 Å². The van der Waals surface area contributed by atoms with Gasteiger partial charge in [0.25, 0.3) is 0 Å². The van der Waals surface area contributed by atoms with E-state index >= 15 is 0 Å². The Morgan fingerprint density at radius 3 is 2.50 bits per heavy atom. The summed E-state index contributed by atoms with van der Waals surface area (Å²) in [6, 6.07) is 4.74. The van der Waals surface area contributed by atoms with Gasteiger partial charge in [0.15, 0.2) is 0 Å². The van der Waals surface area contributed by atoms with Crippen LogP contribution in [0.2, 0.25) is 0 Å². The molecule has 0 fully saturated rings. The van der Waals surface area contributed by atoms with Crippen LogP contribution in [0.3, 0.4) is 0 Å². The molecule has 0 unspecified atom stereocenters. The molecule has 18 heavy (non-hydrogen) atoms. The molecule has 1 rings (SSSR count). The zero-order valence-corrected chi connectivity index (χ0v) is 11.1. The number of phenolic OH excluding ortho intramolecular Hbond substituents is 1.